The molecular weight excluding hydrogens is 216 g/mol. The monoisotopic (exact) mass is 234 g/mol. The Morgan fingerprint density at radius 1 is 1.47 bits per heavy atom. The normalized spacial score (nSPS) is 12.1. The van der Waals surface area contributed by atoms with Crippen molar-refractivity contribution in [3.05, 3.63) is 12.7 Å². The van der Waals surface area contributed by atoms with Crippen LogP contribution in [0.1, 0.15) is 32.1 Å². The highest BCUT2D eigenvalue weighted by Crippen LogP contribution is 2.07. The molecule has 3 nitrogen and oxygen atoms in total. The summed E-state index contributed by atoms with van der Waals surface area (Å²) in [6, 6.07) is 0. The van der Waals surface area contributed by atoms with Crippen molar-refractivity contribution >= 4 is 17.6 Å². The molecule has 0 saturated heterocycles. The summed E-state index contributed by atoms with van der Waals surface area (Å²) in [7, 11) is 0. The van der Waals surface area contributed by atoms with E-state index in [1.807, 2.05) is 0 Å². The lowest BCUT2D eigenvalue weighted by molar-refractivity contribution is -0.142. The van der Waals surface area contributed by atoms with Crippen molar-refractivity contribution in [3.63, 3.8) is 0 Å². The molecule has 88 valence electrons. The van der Waals surface area contributed by atoms with E-state index < -0.39 is 0 Å². The number of aliphatic hydroxyl groups excluding tert-OH is 1. The van der Waals surface area contributed by atoms with Gasteiger partial charge in [0, 0.05) is 12.3 Å². The van der Waals surface area contributed by atoms with Gasteiger partial charge >= 0.3 is 5.97 Å². The molecule has 0 heterocycles. The Hall–Kier alpha value is -0.540. The van der Waals surface area contributed by atoms with Gasteiger partial charge in [0.25, 0.3) is 0 Å². The number of halogens is 1. The third kappa shape index (κ3) is 9.76. The summed E-state index contributed by atoms with van der Waals surface area (Å²) in [5.74, 6) is 0.268. The molecule has 0 aromatic heterocycles. The zero-order chi connectivity index (χ0) is 11.5. The Morgan fingerprint density at radius 2 is 2.20 bits per heavy atom. The van der Waals surface area contributed by atoms with E-state index in [1.54, 1.807) is 6.08 Å². The summed E-state index contributed by atoms with van der Waals surface area (Å²) in [5.41, 5.74) is 0. The molecule has 0 aromatic carbocycles. The highest BCUT2D eigenvalue weighted by molar-refractivity contribution is 6.17. The molecule has 0 bridgehead atoms. The number of carbonyl (C=O) groups is 1. The summed E-state index contributed by atoms with van der Waals surface area (Å²) in [4.78, 5) is 11.0. The van der Waals surface area contributed by atoms with Crippen LogP contribution in [-0.4, -0.2) is 29.7 Å². The number of aliphatic hydroxyl groups is 1. The van der Waals surface area contributed by atoms with Gasteiger partial charge in [0.15, 0.2) is 0 Å². The van der Waals surface area contributed by atoms with Crippen molar-refractivity contribution < 1.29 is 14.6 Å². The Bertz CT molecular complexity index is 183. The van der Waals surface area contributed by atoms with E-state index in [1.165, 1.54) is 0 Å². The van der Waals surface area contributed by atoms with Crippen molar-refractivity contribution in [2.24, 2.45) is 0 Å². The topological polar surface area (TPSA) is 46.5 Å². The van der Waals surface area contributed by atoms with Gasteiger partial charge in [0.05, 0.1) is 6.10 Å². The first kappa shape index (κ1) is 14.5. The number of rotatable bonds is 9. The number of hydrogen-bond donors (Lipinski definition) is 1. The molecule has 0 saturated carbocycles. The van der Waals surface area contributed by atoms with Gasteiger partial charge in [-0.05, 0) is 19.3 Å². The molecule has 0 radical (unpaired) electrons. The Balaban J connectivity index is 3.29. The van der Waals surface area contributed by atoms with Crippen molar-refractivity contribution in [2.75, 3.05) is 12.5 Å². The standard InChI is InChI=1S/C11H19ClO3/c1-2-9-15-11(14)6-4-3-5-10(13)7-8-12/h2,10,13H,1,3-9H2. The lowest BCUT2D eigenvalue weighted by atomic mass is 10.1. The van der Waals surface area contributed by atoms with Gasteiger partial charge in [0.1, 0.15) is 6.61 Å². The van der Waals surface area contributed by atoms with Crippen LogP contribution >= 0.6 is 11.6 Å². The average molecular weight is 235 g/mol. The van der Waals surface area contributed by atoms with E-state index in [0.717, 1.165) is 12.8 Å². The first-order valence-corrected chi connectivity index (χ1v) is 5.74. The number of carbonyl (C=O) groups excluding carboxylic acids is 1. The lowest BCUT2D eigenvalue weighted by Gasteiger charge is -2.07. The van der Waals surface area contributed by atoms with E-state index in [0.29, 0.717) is 25.1 Å². The Labute approximate surface area is 96.1 Å². The second kappa shape index (κ2) is 9.99. The van der Waals surface area contributed by atoms with Gasteiger partial charge in [-0.3, -0.25) is 4.79 Å². The minimum Gasteiger partial charge on any atom is -0.461 e. The highest BCUT2D eigenvalue weighted by atomic mass is 35.5. The van der Waals surface area contributed by atoms with Crippen LogP contribution in [0.2, 0.25) is 0 Å². The van der Waals surface area contributed by atoms with Gasteiger partial charge in [-0.2, -0.15) is 0 Å². The highest BCUT2D eigenvalue weighted by Gasteiger charge is 2.05. The maximum absolute atomic E-state index is 11.0. The third-order valence-electron chi connectivity index (χ3n) is 1.97. The van der Waals surface area contributed by atoms with Crippen molar-refractivity contribution in [2.45, 2.75) is 38.2 Å². The number of esters is 1. The van der Waals surface area contributed by atoms with Crippen LogP contribution in [-0.2, 0) is 9.53 Å². The molecule has 0 aliphatic carbocycles. The zero-order valence-corrected chi connectivity index (χ0v) is 9.71. The number of alkyl halides is 1. The van der Waals surface area contributed by atoms with Gasteiger partial charge in [0.2, 0.25) is 0 Å². The van der Waals surface area contributed by atoms with Crippen molar-refractivity contribution in [1.82, 2.24) is 0 Å². The molecule has 1 atom stereocenters. The molecule has 0 aliphatic rings. The van der Waals surface area contributed by atoms with Crippen LogP contribution in [0.4, 0.5) is 0 Å². The Morgan fingerprint density at radius 3 is 2.80 bits per heavy atom. The molecule has 4 heteroatoms. The van der Waals surface area contributed by atoms with Crippen LogP contribution < -0.4 is 0 Å². The van der Waals surface area contributed by atoms with E-state index in [-0.39, 0.29) is 18.7 Å². The van der Waals surface area contributed by atoms with Crippen LogP contribution in [0.25, 0.3) is 0 Å². The van der Waals surface area contributed by atoms with Crippen molar-refractivity contribution in [3.8, 4) is 0 Å². The van der Waals surface area contributed by atoms with Crippen LogP contribution in [0.5, 0.6) is 0 Å². The van der Waals surface area contributed by atoms with Crippen molar-refractivity contribution in [1.29, 1.82) is 0 Å². The molecule has 0 aliphatic heterocycles. The molecule has 1 unspecified atom stereocenters. The van der Waals surface area contributed by atoms with Crippen LogP contribution in [0, 0.1) is 0 Å². The van der Waals surface area contributed by atoms with Gasteiger partial charge in [-0.1, -0.05) is 19.1 Å². The fraction of sp³-hybridized carbons (Fsp3) is 0.727. The quantitative estimate of drug-likeness (QED) is 0.288. The summed E-state index contributed by atoms with van der Waals surface area (Å²) in [6.45, 7) is 3.72. The minimum atomic E-state index is -0.341. The van der Waals surface area contributed by atoms with Crippen LogP contribution in [0.3, 0.4) is 0 Å². The predicted octanol–water partition coefficient (Wildman–Crippen LogP) is 2.27. The second-order valence-corrected chi connectivity index (χ2v) is 3.73. The minimum absolute atomic E-state index is 0.207. The fourth-order valence-corrected chi connectivity index (χ4v) is 1.40. The lowest BCUT2D eigenvalue weighted by Crippen LogP contribution is -2.08. The van der Waals surface area contributed by atoms with Gasteiger partial charge in [-0.15, -0.1) is 11.6 Å². The molecular formula is C11H19ClO3. The third-order valence-corrected chi connectivity index (χ3v) is 2.19. The molecule has 0 aromatic rings. The smallest absolute Gasteiger partial charge is 0.306 e. The summed E-state index contributed by atoms with van der Waals surface area (Å²) < 4.78 is 4.81. The molecule has 0 fully saturated rings. The molecule has 1 N–H and O–H groups in total. The maximum atomic E-state index is 11.0. The molecule has 0 rings (SSSR count). The van der Waals surface area contributed by atoms with Crippen LogP contribution in [0.15, 0.2) is 12.7 Å². The number of hydrogen-bond acceptors (Lipinski definition) is 3. The predicted molar refractivity (Wildman–Crippen MR) is 61.0 cm³/mol. The summed E-state index contributed by atoms with van der Waals surface area (Å²) in [6.07, 6.45) is 4.48. The van der Waals surface area contributed by atoms with E-state index >= 15 is 0 Å². The summed E-state index contributed by atoms with van der Waals surface area (Å²) >= 11 is 5.47. The van der Waals surface area contributed by atoms with Gasteiger partial charge in [-0.25, -0.2) is 0 Å². The fourth-order valence-electron chi connectivity index (χ4n) is 1.14. The van der Waals surface area contributed by atoms with E-state index in [2.05, 4.69) is 6.58 Å². The first-order valence-electron chi connectivity index (χ1n) is 5.21. The first-order chi connectivity index (χ1) is 7.20. The average Bonchev–Trinajstić information content (AvgIpc) is 2.22. The number of ether oxygens (including phenoxy) is 1. The molecule has 0 spiro atoms. The van der Waals surface area contributed by atoms with E-state index in [4.69, 9.17) is 16.3 Å². The van der Waals surface area contributed by atoms with Gasteiger partial charge < -0.3 is 9.84 Å². The SMILES string of the molecule is C=CCOC(=O)CCCCC(O)CCCl. The zero-order valence-electron chi connectivity index (χ0n) is 8.95. The molecule has 0 amide bonds. The second-order valence-electron chi connectivity index (χ2n) is 3.35. The summed E-state index contributed by atoms with van der Waals surface area (Å²) in [5, 5.41) is 9.34. The Kier molecular flexibility index (Phi) is 9.63. The number of unbranched alkanes of at least 4 members (excludes halogenated alkanes) is 1. The van der Waals surface area contributed by atoms with E-state index in [9.17, 15) is 9.90 Å². The molecule has 15 heavy (non-hydrogen) atoms. The maximum Gasteiger partial charge on any atom is 0.306 e. The largest absolute Gasteiger partial charge is 0.461 e.